The molecule has 3 aromatic rings. The molecule has 0 atom stereocenters. The maximum absolute atomic E-state index is 12.3. The lowest BCUT2D eigenvalue weighted by atomic mass is 10.1. The van der Waals surface area contributed by atoms with Gasteiger partial charge in [-0.15, -0.1) is 10.2 Å². The molecule has 30 heavy (non-hydrogen) atoms. The van der Waals surface area contributed by atoms with Crippen molar-refractivity contribution in [2.75, 3.05) is 21.3 Å². The lowest BCUT2D eigenvalue weighted by Crippen LogP contribution is -2.28. The van der Waals surface area contributed by atoms with Crippen LogP contribution in [0.3, 0.4) is 0 Å². The van der Waals surface area contributed by atoms with Crippen molar-refractivity contribution < 1.29 is 19.0 Å². The van der Waals surface area contributed by atoms with Crippen LogP contribution >= 0.6 is 0 Å². The van der Waals surface area contributed by atoms with Crippen LogP contribution < -0.4 is 19.5 Å². The Bertz CT molecular complexity index is 976. The maximum Gasteiger partial charge on any atom is 0.243 e. The van der Waals surface area contributed by atoms with Crippen LogP contribution in [0.5, 0.6) is 17.2 Å². The zero-order chi connectivity index (χ0) is 21.5. The minimum absolute atomic E-state index is 0.0372. The number of nitrogens with one attached hydrogen (secondary N) is 1. The van der Waals surface area contributed by atoms with Gasteiger partial charge >= 0.3 is 0 Å². The van der Waals surface area contributed by atoms with Crippen LogP contribution in [0.4, 0.5) is 0 Å². The van der Waals surface area contributed by atoms with Gasteiger partial charge in [0.15, 0.2) is 11.5 Å². The summed E-state index contributed by atoms with van der Waals surface area (Å²) in [4.78, 5) is 13.6. The first-order chi connectivity index (χ1) is 14.6. The minimum Gasteiger partial charge on any atom is -0.493 e. The molecule has 0 radical (unpaired) electrons. The van der Waals surface area contributed by atoms with Crippen molar-refractivity contribution in [2.45, 2.75) is 26.4 Å². The van der Waals surface area contributed by atoms with Crippen molar-refractivity contribution in [3.8, 4) is 28.6 Å². The van der Waals surface area contributed by atoms with Crippen molar-refractivity contribution in [3.63, 3.8) is 0 Å². The van der Waals surface area contributed by atoms with Gasteiger partial charge in [-0.05, 0) is 34.9 Å². The summed E-state index contributed by atoms with van der Waals surface area (Å²) in [6, 6.07) is 11.5. The maximum atomic E-state index is 12.3. The fourth-order valence-corrected chi connectivity index (χ4v) is 2.94. The summed E-state index contributed by atoms with van der Waals surface area (Å²) in [5.74, 6) is 1.79. The highest BCUT2D eigenvalue weighted by atomic mass is 16.5. The predicted molar refractivity (Wildman–Crippen MR) is 111 cm³/mol. The molecule has 0 bridgehead atoms. The smallest absolute Gasteiger partial charge is 0.243 e. The average molecular weight is 411 g/mol. The average Bonchev–Trinajstić information content (AvgIpc) is 3.25. The normalized spacial score (nSPS) is 10.5. The molecular formula is C21H25N5O4. The Labute approximate surface area is 175 Å². The Hall–Kier alpha value is -3.62. The Balaban J connectivity index is 1.62. The first-order valence-electron chi connectivity index (χ1n) is 9.50. The van der Waals surface area contributed by atoms with E-state index < -0.39 is 0 Å². The largest absolute Gasteiger partial charge is 0.493 e. The molecular weight excluding hydrogens is 386 g/mol. The second kappa shape index (κ2) is 9.73. The van der Waals surface area contributed by atoms with Crippen molar-refractivity contribution in [1.29, 1.82) is 0 Å². The third kappa shape index (κ3) is 4.86. The molecule has 158 valence electrons. The van der Waals surface area contributed by atoms with Crippen molar-refractivity contribution >= 4 is 5.91 Å². The van der Waals surface area contributed by atoms with Gasteiger partial charge in [0.1, 0.15) is 6.54 Å². The van der Waals surface area contributed by atoms with Gasteiger partial charge in [-0.3, -0.25) is 4.79 Å². The Morgan fingerprint density at radius 3 is 2.23 bits per heavy atom. The molecule has 3 rings (SSSR count). The van der Waals surface area contributed by atoms with Gasteiger partial charge in [0.2, 0.25) is 17.5 Å². The molecule has 0 aliphatic heterocycles. The van der Waals surface area contributed by atoms with E-state index in [4.69, 9.17) is 14.2 Å². The molecule has 0 spiro atoms. The van der Waals surface area contributed by atoms with E-state index >= 15 is 0 Å². The van der Waals surface area contributed by atoms with Gasteiger partial charge in [0.25, 0.3) is 0 Å². The molecule has 0 saturated heterocycles. The van der Waals surface area contributed by atoms with Gasteiger partial charge in [0.05, 0.1) is 21.3 Å². The monoisotopic (exact) mass is 411 g/mol. The molecule has 2 aromatic carbocycles. The standard InChI is InChI=1S/C21H25N5O4/c1-5-14-6-8-16(9-7-14)21-23-25-26(24-21)13-19(27)22-12-15-10-17(28-2)20(30-4)18(11-15)29-3/h6-11H,5,12-13H2,1-4H3,(H,22,27). The number of hydrogen-bond acceptors (Lipinski definition) is 7. The minimum atomic E-state index is -0.242. The highest BCUT2D eigenvalue weighted by Crippen LogP contribution is 2.38. The lowest BCUT2D eigenvalue weighted by Gasteiger charge is -2.14. The quantitative estimate of drug-likeness (QED) is 0.576. The molecule has 1 aromatic heterocycles. The van der Waals surface area contributed by atoms with Crippen molar-refractivity contribution in [3.05, 3.63) is 47.5 Å². The Morgan fingerprint density at radius 2 is 1.67 bits per heavy atom. The number of carbonyl (C=O) groups excluding carboxylic acids is 1. The lowest BCUT2D eigenvalue weighted by molar-refractivity contribution is -0.122. The molecule has 9 nitrogen and oxygen atoms in total. The number of benzene rings is 2. The summed E-state index contributed by atoms with van der Waals surface area (Å²) >= 11 is 0. The predicted octanol–water partition coefficient (Wildman–Crippen LogP) is 2.24. The van der Waals surface area contributed by atoms with Crippen LogP contribution in [0.2, 0.25) is 0 Å². The number of amides is 1. The summed E-state index contributed by atoms with van der Waals surface area (Å²) in [6.07, 6.45) is 0.965. The van der Waals surface area contributed by atoms with Crippen LogP contribution in [-0.2, 0) is 24.3 Å². The van der Waals surface area contributed by atoms with Crippen LogP contribution in [0.1, 0.15) is 18.1 Å². The molecule has 9 heteroatoms. The van der Waals surface area contributed by atoms with E-state index in [1.165, 1.54) is 10.4 Å². The third-order valence-corrected chi connectivity index (χ3v) is 4.57. The number of methoxy groups -OCH3 is 3. The number of hydrogen-bond donors (Lipinski definition) is 1. The Morgan fingerprint density at radius 1 is 1.00 bits per heavy atom. The van der Waals surface area contributed by atoms with Crippen molar-refractivity contribution in [2.24, 2.45) is 0 Å². The third-order valence-electron chi connectivity index (χ3n) is 4.57. The molecule has 0 saturated carbocycles. The first-order valence-corrected chi connectivity index (χ1v) is 9.50. The summed E-state index contributed by atoms with van der Waals surface area (Å²) < 4.78 is 16.0. The molecule has 1 amide bonds. The van der Waals surface area contributed by atoms with E-state index in [0.717, 1.165) is 17.5 Å². The van der Waals surface area contributed by atoms with Gasteiger partial charge in [-0.25, -0.2) is 0 Å². The van der Waals surface area contributed by atoms with Crippen LogP contribution in [-0.4, -0.2) is 47.4 Å². The van der Waals surface area contributed by atoms with Crippen molar-refractivity contribution in [1.82, 2.24) is 25.5 Å². The molecule has 0 fully saturated rings. The van der Waals surface area contributed by atoms with E-state index in [2.05, 4.69) is 27.7 Å². The summed E-state index contributed by atoms with van der Waals surface area (Å²) in [5.41, 5.74) is 2.90. The summed E-state index contributed by atoms with van der Waals surface area (Å²) in [6.45, 7) is 2.35. The number of aromatic nitrogens is 4. The number of carbonyl (C=O) groups is 1. The molecule has 1 N–H and O–H groups in total. The zero-order valence-corrected chi connectivity index (χ0v) is 17.5. The van der Waals surface area contributed by atoms with E-state index in [-0.39, 0.29) is 19.0 Å². The van der Waals surface area contributed by atoms with Crippen LogP contribution in [0, 0.1) is 0 Å². The molecule has 0 aliphatic rings. The number of tetrazole rings is 1. The molecule has 0 unspecified atom stereocenters. The first kappa shape index (κ1) is 21.1. The van der Waals surface area contributed by atoms with E-state index in [1.807, 2.05) is 24.3 Å². The topological polar surface area (TPSA) is 100 Å². The van der Waals surface area contributed by atoms with E-state index in [9.17, 15) is 4.79 Å². The second-order valence-corrected chi connectivity index (χ2v) is 6.50. The molecule has 1 heterocycles. The summed E-state index contributed by atoms with van der Waals surface area (Å²) in [5, 5.41) is 15.1. The number of rotatable bonds is 9. The number of ether oxygens (including phenoxy) is 3. The number of aryl methyl sites for hydroxylation is 1. The SMILES string of the molecule is CCc1ccc(-c2nnn(CC(=O)NCc3cc(OC)c(OC)c(OC)c3)n2)cc1. The van der Waals surface area contributed by atoms with Crippen LogP contribution in [0.25, 0.3) is 11.4 Å². The van der Waals surface area contributed by atoms with E-state index in [1.54, 1.807) is 33.5 Å². The highest BCUT2D eigenvalue weighted by molar-refractivity contribution is 5.75. The van der Waals surface area contributed by atoms with Gasteiger partial charge in [0, 0.05) is 12.1 Å². The van der Waals surface area contributed by atoms with E-state index in [0.29, 0.717) is 23.1 Å². The highest BCUT2D eigenvalue weighted by Gasteiger charge is 2.14. The Kier molecular flexibility index (Phi) is 6.84. The second-order valence-electron chi connectivity index (χ2n) is 6.50. The van der Waals surface area contributed by atoms with Gasteiger partial charge in [-0.2, -0.15) is 4.80 Å². The fraction of sp³-hybridized carbons (Fsp3) is 0.333. The number of nitrogens with zero attached hydrogens (tertiary/aromatic N) is 4. The fourth-order valence-electron chi connectivity index (χ4n) is 2.94. The molecule has 0 aliphatic carbocycles. The van der Waals surface area contributed by atoms with Gasteiger partial charge < -0.3 is 19.5 Å². The zero-order valence-electron chi connectivity index (χ0n) is 17.5. The van der Waals surface area contributed by atoms with Crippen LogP contribution in [0.15, 0.2) is 36.4 Å². The summed E-state index contributed by atoms with van der Waals surface area (Å²) in [7, 11) is 4.63. The van der Waals surface area contributed by atoms with Gasteiger partial charge in [-0.1, -0.05) is 31.2 Å².